The van der Waals surface area contributed by atoms with Crippen LogP contribution in [-0.4, -0.2) is 31.4 Å². The molecule has 4 aromatic rings. The number of carboxylic acids is 1. The number of fused-ring (bicyclic) bond motifs is 1. The first-order chi connectivity index (χ1) is 16.8. The van der Waals surface area contributed by atoms with Crippen LogP contribution >= 0.6 is 0 Å². The number of carboxylic acid groups (broad SMARTS) is 1. The molecule has 0 heterocycles. The van der Waals surface area contributed by atoms with Gasteiger partial charge in [-0.15, -0.1) is 0 Å². The summed E-state index contributed by atoms with van der Waals surface area (Å²) in [7, 11) is -4.10. The molecule has 0 aliphatic carbocycles. The second kappa shape index (κ2) is 10.5. The molecule has 1 amide bonds. The summed E-state index contributed by atoms with van der Waals surface area (Å²) in [4.78, 5) is 24.1. The maximum Gasteiger partial charge on any atom is 0.321 e. The van der Waals surface area contributed by atoms with Crippen LogP contribution in [0.1, 0.15) is 12.8 Å². The van der Waals surface area contributed by atoms with Gasteiger partial charge >= 0.3 is 5.97 Å². The van der Waals surface area contributed by atoms with E-state index in [-0.39, 0.29) is 17.7 Å². The van der Waals surface area contributed by atoms with Crippen molar-refractivity contribution in [1.82, 2.24) is 4.72 Å². The van der Waals surface area contributed by atoms with E-state index in [4.69, 9.17) is 0 Å². The van der Waals surface area contributed by atoms with Gasteiger partial charge in [0.2, 0.25) is 15.9 Å². The van der Waals surface area contributed by atoms with E-state index in [9.17, 15) is 23.1 Å². The van der Waals surface area contributed by atoms with Crippen molar-refractivity contribution >= 4 is 38.4 Å². The first-order valence-corrected chi connectivity index (χ1v) is 12.5. The van der Waals surface area contributed by atoms with Crippen LogP contribution in [0.15, 0.2) is 102 Å². The summed E-state index contributed by atoms with van der Waals surface area (Å²) < 4.78 is 27.8. The maximum absolute atomic E-state index is 12.8. The molecule has 35 heavy (non-hydrogen) atoms. The second-order valence-corrected chi connectivity index (χ2v) is 9.77. The van der Waals surface area contributed by atoms with E-state index >= 15 is 0 Å². The molecule has 3 N–H and O–H groups in total. The third-order valence-corrected chi connectivity index (χ3v) is 7.05. The van der Waals surface area contributed by atoms with Crippen LogP contribution in [0.4, 0.5) is 5.69 Å². The number of anilines is 1. The molecular formula is C27H24N2O5S. The molecule has 0 radical (unpaired) electrons. The number of aliphatic carboxylic acids is 1. The fourth-order valence-electron chi connectivity index (χ4n) is 3.71. The minimum atomic E-state index is -4.10. The van der Waals surface area contributed by atoms with Crippen LogP contribution in [0.5, 0.6) is 0 Å². The van der Waals surface area contributed by atoms with E-state index in [0.29, 0.717) is 5.69 Å². The van der Waals surface area contributed by atoms with Crippen molar-refractivity contribution in [2.24, 2.45) is 0 Å². The van der Waals surface area contributed by atoms with E-state index in [0.717, 1.165) is 21.9 Å². The number of carbonyl (C=O) groups is 2. The molecule has 1 atom stereocenters. The molecule has 0 aliphatic heterocycles. The molecule has 0 bridgehead atoms. The van der Waals surface area contributed by atoms with Gasteiger partial charge in [0.25, 0.3) is 0 Å². The topological polar surface area (TPSA) is 113 Å². The Bertz CT molecular complexity index is 1450. The lowest BCUT2D eigenvalue weighted by Gasteiger charge is -2.15. The number of benzene rings is 4. The Morgan fingerprint density at radius 1 is 0.771 bits per heavy atom. The van der Waals surface area contributed by atoms with Gasteiger partial charge in [0, 0.05) is 12.1 Å². The Hall–Kier alpha value is -4.01. The first kappa shape index (κ1) is 24.1. The smallest absolute Gasteiger partial charge is 0.321 e. The summed E-state index contributed by atoms with van der Waals surface area (Å²) in [5.41, 5.74) is 2.36. The van der Waals surface area contributed by atoms with Crippen molar-refractivity contribution in [2.45, 2.75) is 23.8 Å². The number of nitrogens with one attached hydrogen (secondary N) is 2. The molecule has 7 nitrogen and oxygen atoms in total. The third kappa shape index (κ3) is 6.11. The fourth-order valence-corrected chi connectivity index (χ4v) is 4.93. The van der Waals surface area contributed by atoms with Crippen LogP contribution in [0.2, 0.25) is 0 Å². The molecule has 0 saturated carbocycles. The van der Waals surface area contributed by atoms with Crippen molar-refractivity contribution in [1.29, 1.82) is 0 Å². The molecule has 0 spiro atoms. The highest BCUT2D eigenvalue weighted by atomic mass is 32.2. The average Bonchev–Trinajstić information content (AvgIpc) is 2.87. The Labute approximate surface area is 203 Å². The highest BCUT2D eigenvalue weighted by Gasteiger charge is 2.26. The number of amides is 1. The van der Waals surface area contributed by atoms with E-state index < -0.39 is 27.9 Å². The number of hydrogen-bond donors (Lipinski definition) is 3. The molecule has 4 rings (SSSR count). The Balaban J connectivity index is 1.38. The summed E-state index contributed by atoms with van der Waals surface area (Å²) >= 11 is 0. The predicted molar refractivity (Wildman–Crippen MR) is 135 cm³/mol. The maximum atomic E-state index is 12.8. The Morgan fingerprint density at radius 3 is 2.09 bits per heavy atom. The zero-order valence-corrected chi connectivity index (χ0v) is 19.5. The molecule has 8 heteroatoms. The highest BCUT2D eigenvalue weighted by Crippen LogP contribution is 2.22. The summed E-state index contributed by atoms with van der Waals surface area (Å²) in [6, 6.07) is 27.4. The van der Waals surface area contributed by atoms with Crippen LogP contribution in [0.25, 0.3) is 21.9 Å². The lowest BCUT2D eigenvalue weighted by atomic mass is 10.1. The van der Waals surface area contributed by atoms with Gasteiger partial charge in [0.15, 0.2) is 0 Å². The summed E-state index contributed by atoms with van der Waals surface area (Å²) in [5, 5.41) is 14.3. The second-order valence-electron chi connectivity index (χ2n) is 8.05. The van der Waals surface area contributed by atoms with Crippen LogP contribution < -0.4 is 10.0 Å². The molecule has 0 fully saturated rings. The lowest BCUT2D eigenvalue weighted by Crippen LogP contribution is -2.41. The molecule has 0 unspecified atom stereocenters. The monoisotopic (exact) mass is 488 g/mol. The first-order valence-electron chi connectivity index (χ1n) is 11.0. The number of carbonyl (C=O) groups excluding carboxylic acids is 1. The van der Waals surface area contributed by atoms with Crippen molar-refractivity contribution in [2.75, 3.05) is 5.32 Å². The molecular weight excluding hydrogens is 464 g/mol. The number of sulfonamides is 1. The van der Waals surface area contributed by atoms with Gasteiger partial charge < -0.3 is 10.4 Å². The quantitative estimate of drug-likeness (QED) is 0.317. The van der Waals surface area contributed by atoms with E-state index in [1.807, 2.05) is 66.7 Å². The van der Waals surface area contributed by atoms with Crippen LogP contribution in [0.3, 0.4) is 0 Å². The highest BCUT2D eigenvalue weighted by molar-refractivity contribution is 7.89. The fraction of sp³-hybridized carbons (Fsp3) is 0.111. The summed E-state index contributed by atoms with van der Waals surface area (Å²) in [6.45, 7) is 0. The van der Waals surface area contributed by atoms with Gasteiger partial charge in [-0.25, -0.2) is 8.42 Å². The average molecular weight is 489 g/mol. The Kier molecular flexibility index (Phi) is 7.24. The van der Waals surface area contributed by atoms with E-state index in [1.54, 1.807) is 18.2 Å². The van der Waals surface area contributed by atoms with E-state index in [1.165, 1.54) is 12.1 Å². The molecule has 0 aliphatic rings. The van der Waals surface area contributed by atoms with Crippen molar-refractivity contribution in [3.63, 3.8) is 0 Å². The van der Waals surface area contributed by atoms with Crippen molar-refractivity contribution in [3.8, 4) is 11.1 Å². The third-order valence-electron chi connectivity index (χ3n) is 5.56. The summed E-state index contributed by atoms with van der Waals surface area (Å²) in [5.74, 6) is -1.76. The van der Waals surface area contributed by atoms with Gasteiger partial charge in [-0.05, 0) is 52.6 Å². The molecule has 4 aromatic carbocycles. The molecule has 0 aromatic heterocycles. The molecule has 0 saturated heterocycles. The standard InChI is InChI=1S/C27H24N2O5S/c30-26(28-23-13-10-20-8-4-5-9-22(20)18-23)17-16-25(27(31)32)29-35(33,34)24-14-11-21(12-15-24)19-6-2-1-3-7-19/h1-15,18,25,29H,16-17H2,(H,28,30)(H,31,32)/t25-/m0/s1. The number of rotatable bonds is 9. The largest absolute Gasteiger partial charge is 0.480 e. The van der Waals surface area contributed by atoms with E-state index in [2.05, 4.69) is 10.0 Å². The SMILES string of the molecule is O=C(CC[C@H](NS(=O)(=O)c1ccc(-c2ccccc2)cc1)C(=O)O)Nc1ccc2ccccc2c1. The van der Waals surface area contributed by atoms with Gasteiger partial charge in [0.1, 0.15) is 6.04 Å². The van der Waals surface area contributed by atoms with Crippen molar-refractivity contribution in [3.05, 3.63) is 97.1 Å². The van der Waals surface area contributed by atoms with Crippen LogP contribution in [-0.2, 0) is 19.6 Å². The zero-order valence-electron chi connectivity index (χ0n) is 18.7. The van der Waals surface area contributed by atoms with Crippen LogP contribution in [0, 0.1) is 0 Å². The summed E-state index contributed by atoms with van der Waals surface area (Å²) in [6.07, 6.45) is -0.366. The Morgan fingerprint density at radius 2 is 1.40 bits per heavy atom. The van der Waals surface area contributed by atoms with Gasteiger partial charge in [-0.2, -0.15) is 4.72 Å². The van der Waals surface area contributed by atoms with Gasteiger partial charge in [0.05, 0.1) is 4.90 Å². The molecule has 178 valence electrons. The van der Waals surface area contributed by atoms with Gasteiger partial charge in [-0.3, -0.25) is 9.59 Å². The zero-order chi connectivity index (χ0) is 24.8. The van der Waals surface area contributed by atoms with Gasteiger partial charge in [-0.1, -0.05) is 72.8 Å². The number of hydrogen-bond acceptors (Lipinski definition) is 4. The minimum Gasteiger partial charge on any atom is -0.480 e. The predicted octanol–water partition coefficient (Wildman–Crippen LogP) is 4.66. The normalized spacial score (nSPS) is 12.2. The van der Waals surface area contributed by atoms with Crippen molar-refractivity contribution < 1.29 is 23.1 Å². The minimum absolute atomic E-state index is 0.0518. The lowest BCUT2D eigenvalue weighted by molar-refractivity contribution is -0.139.